The lowest BCUT2D eigenvalue weighted by atomic mass is 9.88. The Kier molecular flexibility index (Phi) is 5.77. The second-order valence-electron chi connectivity index (χ2n) is 4.90. The molecule has 0 atom stereocenters. The van der Waals surface area contributed by atoms with Crippen molar-refractivity contribution in [1.29, 1.82) is 0 Å². The molecule has 0 amide bonds. The maximum Gasteiger partial charge on any atom is 0.139 e. The smallest absolute Gasteiger partial charge is 0.139 e. The highest BCUT2D eigenvalue weighted by Gasteiger charge is 2.14. The summed E-state index contributed by atoms with van der Waals surface area (Å²) in [5.74, 6) is 0.728. The van der Waals surface area contributed by atoms with E-state index in [-0.39, 0.29) is 5.41 Å². The quantitative estimate of drug-likeness (QED) is 0.795. The minimum atomic E-state index is 0.185. The summed E-state index contributed by atoms with van der Waals surface area (Å²) in [6.45, 7) is 5.70. The molecule has 0 aliphatic rings. The van der Waals surface area contributed by atoms with Crippen LogP contribution in [-0.2, 0) is 0 Å². The highest BCUT2D eigenvalue weighted by Crippen LogP contribution is 2.28. The molecule has 0 radical (unpaired) electrons. The van der Waals surface area contributed by atoms with Gasteiger partial charge in [0.25, 0.3) is 0 Å². The van der Waals surface area contributed by atoms with Gasteiger partial charge in [0.2, 0.25) is 0 Å². The van der Waals surface area contributed by atoms with Crippen molar-refractivity contribution in [2.24, 2.45) is 11.1 Å². The van der Waals surface area contributed by atoms with Crippen LogP contribution < -0.4 is 10.5 Å². The first-order chi connectivity index (χ1) is 7.94. The summed E-state index contributed by atoms with van der Waals surface area (Å²) in [4.78, 5) is 0. The second kappa shape index (κ2) is 6.62. The minimum absolute atomic E-state index is 0.185. The van der Waals surface area contributed by atoms with Crippen molar-refractivity contribution < 1.29 is 4.74 Å². The van der Waals surface area contributed by atoms with Crippen molar-refractivity contribution in [3.63, 3.8) is 0 Å². The highest BCUT2D eigenvalue weighted by atomic mass is 79.9. The van der Waals surface area contributed by atoms with Crippen LogP contribution in [0.3, 0.4) is 0 Å². The zero-order valence-electron chi connectivity index (χ0n) is 10.3. The van der Waals surface area contributed by atoms with E-state index in [1.165, 1.54) is 0 Å². The van der Waals surface area contributed by atoms with Crippen LogP contribution in [0.15, 0.2) is 22.7 Å². The predicted octanol–water partition coefficient (Wildman–Crippen LogP) is 4.25. The Hall–Kier alpha value is -0.250. The van der Waals surface area contributed by atoms with Gasteiger partial charge < -0.3 is 10.5 Å². The summed E-state index contributed by atoms with van der Waals surface area (Å²) < 4.78 is 6.63. The molecule has 0 spiro atoms. The van der Waals surface area contributed by atoms with Crippen LogP contribution in [0.25, 0.3) is 0 Å². The lowest BCUT2D eigenvalue weighted by Crippen LogP contribution is -2.23. The topological polar surface area (TPSA) is 35.2 Å². The third-order valence-corrected chi connectivity index (χ3v) is 3.51. The summed E-state index contributed by atoms with van der Waals surface area (Å²) in [7, 11) is 0. The van der Waals surface area contributed by atoms with Crippen molar-refractivity contribution in [1.82, 2.24) is 0 Å². The summed E-state index contributed by atoms with van der Waals surface area (Å²) in [6.07, 6.45) is 2.03. The van der Waals surface area contributed by atoms with Crippen LogP contribution in [0.5, 0.6) is 5.75 Å². The Morgan fingerprint density at radius 3 is 2.76 bits per heavy atom. The fourth-order valence-electron chi connectivity index (χ4n) is 1.42. The molecule has 0 unspecified atom stereocenters. The normalized spacial score (nSPS) is 11.6. The maximum absolute atomic E-state index is 6.03. The molecule has 0 fully saturated rings. The fourth-order valence-corrected chi connectivity index (χ4v) is 1.93. The first kappa shape index (κ1) is 14.8. The molecule has 0 aromatic heterocycles. The van der Waals surface area contributed by atoms with Gasteiger partial charge in [-0.05, 0) is 43.0 Å². The summed E-state index contributed by atoms with van der Waals surface area (Å²) in [5, 5.41) is 0.645. The van der Waals surface area contributed by atoms with Gasteiger partial charge in [-0.15, -0.1) is 0 Å². The van der Waals surface area contributed by atoms with Crippen molar-refractivity contribution >= 4 is 27.5 Å². The number of benzene rings is 1. The number of rotatable bonds is 6. The molecule has 0 aliphatic heterocycles. The predicted molar refractivity (Wildman–Crippen MR) is 76.7 cm³/mol. The Morgan fingerprint density at radius 1 is 1.41 bits per heavy atom. The number of halogens is 2. The van der Waals surface area contributed by atoms with Crippen LogP contribution in [0.1, 0.15) is 26.7 Å². The average Bonchev–Trinajstić information content (AvgIpc) is 2.29. The number of hydrogen-bond acceptors (Lipinski definition) is 2. The molecule has 2 N–H and O–H groups in total. The van der Waals surface area contributed by atoms with Crippen LogP contribution in [0.2, 0.25) is 5.02 Å². The Balaban J connectivity index is 2.38. The largest absolute Gasteiger partial charge is 0.492 e. The molecular formula is C13H19BrClNO. The molecule has 0 saturated carbocycles. The van der Waals surface area contributed by atoms with Gasteiger partial charge in [-0.1, -0.05) is 41.4 Å². The SMILES string of the molecule is CC(C)(CN)CCCOc1cc(Br)ccc1Cl. The van der Waals surface area contributed by atoms with E-state index in [0.717, 1.165) is 23.1 Å². The molecule has 0 aliphatic carbocycles. The first-order valence-electron chi connectivity index (χ1n) is 5.72. The van der Waals surface area contributed by atoms with E-state index in [0.29, 0.717) is 18.2 Å². The molecule has 0 heterocycles. The van der Waals surface area contributed by atoms with Gasteiger partial charge in [-0.25, -0.2) is 0 Å². The van der Waals surface area contributed by atoms with Crippen molar-refractivity contribution in [2.45, 2.75) is 26.7 Å². The fraction of sp³-hybridized carbons (Fsp3) is 0.538. The molecular weight excluding hydrogens is 302 g/mol. The van der Waals surface area contributed by atoms with Gasteiger partial charge in [-0.2, -0.15) is 0 Å². The van der Waals surface area contributed by atoms with Gasteiger partial charge in [0.1, 0.15) is 5.75 Å². The maximum atomic E-state index is 6.03. The Bertz CT molecular complexity index is 368. The molecule has 1 aromatic carbocycles. The van der Waals surface area contributed by atoms with Gasteiger partial charge in [0.05, 0.1) is 11.6 Å². The van der Waals surface area contributed by atoms with Gasteiger partial charge in [-0.3, -0.25) is 0 Å². The molecule has 96 valence electrons. The highest BCUT2D eigenvalue weighted by molar-refractivity contribution is 9.10. The van der Waals surface area contributed by atoms with Crippen LogP contribution in [0.4, 0.5) is 0 Å². The third kappa shape index (κ3) is 5.28. The molecule has 4 heteroatoms. The lowest BCUT2D eigenvalue weighted by Gasteiger charge is -2.22. The Morgan fingerprint density at radius 2 is 2.12 bits per heavy atom. The van der Waals surface area contributed by atoms with Gasteiger partial charge in [0, 0.05) is 4.47 Å². The van der Waals surface area contributed by atoms with E-state index in [4.69, 9.17) is 22.1 Å². The summed E-state index contributed by atoms with van der Waals surface area (Å²) in [5.41, 5.74) is 5.86. The molecule has 1 rings (SSSR count). The van der Waals surface area contributed by atoms with E-state index in [2.05, 4.69) is 29.8 Å². The molecule has 17 heavy (non-hydrogen) atoms. The first-order valence-corrected chi connectivity index (χ1v) is 6.90. The molecule has 2 nitrogen and oxygen atoms in total. The third-order valence-electron chi connectivity index (χ3n) is 2.70. The van der Waals surface area contributed by atoms with E-state index < -0.39 is 0 Å². The van der Waals surface area contributed by atoms with Crippen molar-refractivity contribution in [2.75, 3.05) is 13.2 Å². The van der Waals surface area contributed by atoms with Crippen molar-refractivity contribution in [3.05, 3.63) is 27.7 Å². The van der Waals surface area contributed by atoms with Crippen LogP contribution in [0, 0.1) is 5.41 Å². The van der Waals surface area contributed by atoms with E-state index >= 15 is 0 Å². The number of ether oxygens (including phenoxy) is 1. The zero-order chi connectivity index (χ0) is 12.9. The number of hydrogen-bond donors (Lipinski definition) is 1. The summed E-state index contributed by atoms with van der Waals surface area (Å²) >= 11 is 9.42. The van der Waals surface area contributed by atoms with E-state index in [1.54, 1.807) is 0 Å². The van der Waals surface area contributed by atoms with Gasteiger partial charge in [0.15, 0.2) is 0 Å². The average molecular weight is 321 g/mol. The molecule has 1 aromatic rings. The molecule has 0 saturated heterocycles. The van der Waals surface area contributed by atoms with Crippen LogP contribution >= 0.6 is 27.5 Å². The van der Waals surface area contributed by atoms with Crippen LogP contribution in [-0.4, -0.2) is 13.2 Å². The second-order valence-corrected chi connectivity index (χ2v) is 6.22. The van der Waals surface area contributed by atoms with E-state index in [9.17, 15) is 0 Å². The molecule has 0 bridgehead atoms. The van der Waals surface area contributed by atoms with Gasteiger partial charge >= 0.3 is 0 Å². The minimum Gasteiger partial charge on any atom is -0.492 e. The Labute approximate surface area is 117 Å². The van der Waals surface area contributed by atoms with Crippen molar-refractivity contribution in [3.8, 4) is 5.75 Å². The monoisotopic (exact) mass is 319 g/mol. The van der Waals surface area contributed by atoms with E-state index in [1.807, 2.05) is 18.2 Å². The lowest BCUT2D eigenvalue weighted by molar-refractivity contribution is 0.261. The zero-order valence-corrected chi connectivity index (χ0v) is 12.6. The number of nitrogens with two attached hydrogens (primary N) is 1. The standard InChI is InChI=1S/C13H19BrClNO/c1-13(2,9-16)6-3-7-17-12-8-10(14)4-5-11(12)15/h4-5,8H,3,6-7,9,16H2,1-2H3. The summed E-state index contributed by atoms with van der Waals surface area (Å²) in [6, 6.07) is 5.61.